The van der Waals surface area contributed by atoms with Crippen LogP contribution in [0.5, 0.6) is 0 Å². The standard InChI is InChI=1S/C12H9Cl2N3/c1-7-12(17-11(16-7)4-5-15)8-2-3-9(13)10(14)6-8/h2-3,6H,4H2,1H3,(H,16,17). The summed E-state index contributed by atoms with van der Waals surface area (Å²) in [6.45, 7) is 1.91. The third-order valence-corrected chi connectivity index (χ3v) is 3.11. The number of rotatable bonds is 2. The molecule has 0 unspecified atom stereocenters. The van der Waals surface area contributed by atoms with Crippen LogP contribution in [0.1, 0.15) is 11.5 Å². The van der Waals surface area contributed by atoms with E-state index in [2.05, 4.69) is 16.0 Å². The van der Waals surface area contributed by atoms with Crippen molar-refractivity contribution in [1.29, 1.82) is 5.26 Å². The van der Waals surface area contributed by atoms with Crippen LogP contribution in [0, 0.1) is 18.3 Å². The number of nitrogens with zero attached hydrogens (tertiary/aromatic N) is 2. The Balaban J connectivity index is 2.46. The van der Waals surface area contributed by atoms with Crippen molar-refractivity contribution in [3.05, 3.63) is 39.8 Å². The molecule has 0 aliphatic carbocycles. The minimum absolute atomic E-state index is 0.266. The van der Waals surface area contributed by atoms with Crippen LogP contribution in [0.2, 0.25) is 10.0 Å². The summed E-state index contributed by atoms with van der Waals surface area (Å²) in [4.78, 5) is 7.43. The van der Waals surface area contributed by atoms with E-state index in [1.165, 1.54) is 0 Å². The molecule has 0 fully saturated rings. The summed E-state index contributed by atoms with van der Waals surface area (Å²) < 4.78 is 0. The van der Waals surface area contributed by atoms with Crippen molar-refractivity contribution in [2.45, 2.75) is 13.3 Å². The van der Waals surface area contributed by atoms with E-state index < -0.39 is 0 Å². The molecule has 0 aliphatic heterocycles. The monoisotopic (exact) mass is 265 g/mol. The van der Waals surface area contributed by atoms with Crippen LogP contribution in [0.25, 0.3) is 11.3 Å². The molecule has 3 nitrogen and oxygen atoms in total. The maximum absolute atomic E-state index is 8.62. The topological polar surface area (TPSA) is 52.5 Å². The maximum Gasteiger partial charge on any atom is 0.121 e. The van der Waals surface area contributed by atoms with Crippen molar-refractivity contribution in [3.63, 3.8) is 0 Å². The molecule has 0 saturated heterocycles. The smallest absolute Gasteiger partial charge is 0.121 e. The molecule has 0 aliphatic rings. The lowest BCUT2D eigenvalue weighted by molar-refractivity contribution is 1.05. The second-order valence-electron chi connectivity index (χ2n) is 3.62. The zero-order chi connectivity index (χ0) is 12.4. The summed E-state index contributed by atoms with van der Waals surface area (Å²) in [5, 5.41) is 9.63. The summed E-state index contributed by atoms with van der Waals surface area (Å²) in [7, 11) is 0. The number of benzene rings is 1. The number of imidazole rings is 1. The maximum atomic E-state index is 8.62. The van der Waals surface area contributed by atoms with Gasteiger partial charge in [0.05, 0.1) is 28.2 Å². The van der Waals surface area contributed by atoms with Gasteiger partial charge in [-0.3, -0.25) is 0 Å². The Morgan fingerprint density at radius 3 is 2.76 bits per heavy atom. The highest BCUT2D eigenvalue weighted by atomic mass is 35.5. The molecular weight excluding hydrogens is 257 g/mol. The average Bonchev–Trinajstić information content (AvgIpc) is 2.64. The first-order chi connectivity index (χ1) is 8.11. The molecule has 0 amide bonds. The van der Waals surface area contributed by atoms with Crippen LogP contribution in [0.15, 0.2) is 18.2 Å². The molecule has 17 heavy (non-hydrogen) atoms. The van der Waals surface area contributed by atoms with E-state index in [1.54, 1.807) is 12.1 Å². The molecule has 2 rings (SSSR count). The van der Waals surface area contributed by atoms with E-state index in [-0.39, 0.29) is 6.42 Å². The van der Waals surface area contributed by atoms with Crippen molar-refractivity contribution in [2.24, 2.45) is 0 Å². The molecule has 1 N–H and O–H groups in total. The summed E-state index contributed by atoms with van der Waals surface area (Å²) in [6, 6.07) is 7.41. The highest BCUT2D eigenvalue weighted by Gasteiger charge is 2.10. The first-order valence-electron chi connectivity index (χ1n) is 4.99. The summed E-state index contributed by atoms with van der Waals surface area (Å²) >= 11 is 11.8. The molecule has 1 aromatic heterocycles. The lowest BCUT2D eigenvalue weighted by Crippen LogP contribution is -1.84. The molecular formula is C12H9Cl2N3. The number of nitriles is 1. The number of halogens is 2. The first kappa shape index (κ1) is 12.0. The summed E-state index contributed by atoms with van der Waals surface area (Å²) in [5.74, 6) is 0.658. The molecule has 86 valence electrons. The fourth-order valence-corrected chi connectivity index (χ4v) is 1.90. The van der Waals surface area contributed by atoms with Gasteiger partial charge in [0.25, 0.3) is 0 Å². The van der Waals surface area contributed by atoms with Crippen molar-refractivity contribution in [2.75, 3.05) is 0 Å². The fourth-order valence-electron chi connectivity index (χ4n) is 1.61. The molecule has 5 heteroatoms. The van der Waals surface area contributed by atoms with Gasteiger partial charge < -0.3 is 4.98 Å². The number of H-pyrrole nitrogens is 1. The van der Waals surface area contributed by atoms with Gasteiger partial charge in [0.15, 0.2) is 0 Å². The number of aromatic nitrogens is 2. The zero-order valence-electron chi connectivity index (χ0n) is 9.09. The predicted molar refractivity (Wildman–Crippen MR) is 68.1 cm³/mol. The van der Waals surface area contributed by atoms with E-state index in [0.717, 1.165) is 17.0 Å². The largest absolute Gasteiger partial charge is 0.345 e. The Morgan fingerprint density at radius 1 is 1.35 bits per heavy atom. The van der Waals surface area contributed by atoms with Crippen LogP contribution in [-0.2, 0) is 6.42 Å². The van der Waals surface area contributed by atoms with Crippen molar-refractivity contribution in [3.8, 4) is 17.3 Å². The van der Waals surface area contributed by atoms with Crippen LogP contribution in [-0.4, -0.2) is 9.97 Å². The van der Waals surface area contributed by atoms with E-state index in [0.29, 0.717) is 15.9 Å². The molecule has 0 atom stereocenters. The number of hydrogen-bond donors (Lipinski definition) is 1. The van der Waals surface area contributed by atoms with E-state index in [1.807, 2.05) is 13.0 Å². The predicted octanol–water partition coefficient (Wildman–Crippen LogP) is 3.76. The zero-order valence-corrected chi connectivity index (χ0v) is 10.6. The van der Waals surface area contributed by atoms with Gasteiger partial charge in [-0.15, -0.1) is 0 Å². The van der Waals surface area contributed by atoms with E-state index in [9.17, 15) is 0 Å². The number of aryl methyl sites for hydroxylation is 1. The quantitative estimate of drug-likeness (QED) is 0.899. The Hall–Kier alpha value is -1.50. The molecule has 0 bridgehead atoms. The Kier molecular flexibility index (Phi) is 3.37. The molecule has 1 aromatic carbocycles. The number of aromatic amines is 1. The van der Waals surface area contributed by atoms with Gasteiger partial charge >= 0.3 is 0 Å². The van der Waals surface area contributed by atoms with Crippen molar-refractivity contribution in [1.82, 2.24) is 9.97 Å². The first-order valence-corrected chi connectivity index (χ1v) is 5.75. The normalized spacial score (nSPS) is 10.2. The van der Waals surface area contributed by atoms with Gasteiger partial charge in [-0.1, -0.05) is 29.3 Å². The third-order valence-electron chi connectivity index (χ3n) is 2.37. The van der Waals surface area contributed by atoms with Crippen molar-refractivity contribution >= 4 is 23.2 Å². The summed E-state index contributed by atoms with van der Waals surface area (Å²) in [5.41, 5.74) is 2.60. The van der Waals surface area contributed by atoms with Crippen LogP contribution < -0.4 is 0 Å². The SMILES string of the molecule is Cc1[nH]c(CC#N)nc1-c1ccc(Cl)c(Cl)c1. The Labute approximate surface area is 109 Å². The summed E-state index contributed by atoms with van der Waals surface area (Å²) in [6.07, 6.45) is 0.266. The highest BCUT2D eigenvalue weighted by Crippen LogP contribution is 2.29. The van der Waals surface area contributed by atoms with Crippen molar-refractivity contribution < 1.29 is 0 Å². The number of nitrogens with one attached hydrogen (secondary N) is 1. The molecule has 2 aromatic rings. The lowest BCUT2D eigenvalue weighted by Gasteiger charge is -2.00. The molecule has 0 radical (unpaired) electrons. The van der Waals surface area contributed by atoms with Gasteiger partial charge in [0, 0.05) is 11.3 Å². The minimum atomic E-state index is 0.266. The molecule has 0 saturated carbocycles. The number of hydrogen-bond acceptors (Lipinski definition) is 2. The van der Waals surface area contributed by atoms with Gasteiger partial charge in [-0.05, 0) is 19.1 Å². The molecule has 0 spiro atoms. The fraction of sp³-hybridized carbons (Fsp3) is 0.167. The van der Waals surface area contributed by atoms with Crippen LogP contribution in [0.4, 0.5) is 0 Å². The van der Waals surface area contributed by atoms with E-state index >= 15 is 0 Å². The van der Waals surface area contributed by atoms with Gasteiger partial charge in [0.2, 0.25) is 0 Å². The third kappa shape index (κ3) is 2.44. The second-order valence-corrected chi connectivity index (χ2v) is 4.44. The Morgan fingerprint density at radius 2 is 2.12 bits per heavy atom. The van der Waals surface area contributed by atoms with Crippen LogP contribution in [0.3, 0.4) is 0 Å². The highest BCUT2D eigenvalue weighted by molar-refractivity contribution is 6.42. The molecule has 1 heterocycles. The van der Waals surface area contributed by atoms with Gasteiger partial charge in [-0.25, -0.2) is 4.98 Å². The Bertz CT molecular complexity index is 596. The van der Waals surface area contributed by atoms with E-state index in [4.69, 9.17) is 28.5 Å². The second kappa shape index (κ2) is 4.79. The van der Waals surface area contributed by atoms with Gasteiger partial charge in [0.1, 0.15) is 5.82 Å². The lowest BCUT2D eigenvalue weighted by atomic mass is 10.1. The van der Waals surface area contributed by atoms with Crippen LogP contribution >= 0.6 is 23.2 Å². The minimum Gasteiger partial charge on any atom is -0.345 e. The van der Waals surface area contributed by atoms with Gasteiger partial charge in [-0.2, -0.15) is 5.26 Å². The average molecular weight is 266 g/mol.